The van der Waals surface area contributed by atoms with E-state index in [0.29, 0.717) is 17.2 Å². The van der Waals surface area contributed by atoms with E-state index in [1.807, 2.05) is 24.3 Å². The molecule has 4 nitrogen and oxygen atoms in total. The smallest absolute Gasteiger partial charge is 0.240 e. The summed E-state index contributed by atoms with van der Waals surface area (Å²) in [5.74, 6) is 0.584. The zero-order valence-electron chi connectivity index (χ0n) is 16.8. The highest BCUT2D eigenvalue weighted by molar-refractivity contribution is 7.99. The first-order valence-corrected chi connectivity index (χ1v) is 10.8. The predicted octanol–water partition coefficient (Wildman–Crippen LogP) is 5.69. The van der Waals surface area contributed by atoms with Crippen LogP contribution in [0.2, 0.25) is 5.02 Å². The van der Waals surface area contributed by atoms with Crippen LogP contribution >= 0.6 is 23.4 Å². The van der Waals surface area contributed by atoms with E-state index in [1.54, 1.807) is 18.0 Å². The molecule has 0 atom stereocenters. The lowest BCUT2D eigenvalue weighted by Gasteiger charge is -2.10. The first-order chi connectivity index (χ1) is 13.9. The fourth-order valence-corrected chi connectivity index (χ4v) is 4.08. The van der Waals surface area contributed by atoms with E-state index in [4.69, 9.17) is 11.6 Å². The van der Waals surface area contributed by atoms with Gasteiger partial charge in [0.15, 0.2) is 0 Å². The minimum absolute atomic E-state index is 0.102. The molecule has 3 aromatic rings. The van der Waals surface area contributed by atoms with Crippen LogP contribution in [0.25, 0.3) is 5.69 Å². The zero-order valence-corrected chi connectivity index (χ0v) is 18.3. The molecule has 0 spiro atoms. The molecule has 0 bridgehead atoms. The molecule has 1 amide bonds. The number of carbonyl (C=O) groups is 1. The standard InChI is InChI=1S/C23H24ClN3OS/c1-16-5-4-6-21(13-16)27-17(2)14-19(18(27)3)15-25-26-23(28)11-12-29-22-9-7-20(24)8-10-22/h4-10,13-15H,11-12H2,1-3H3,(H,26,28)/b25-15+. The normalized spacial score (nSPS) is 11.2. The van der Waals surface area contributed by atoms with Crippen molar-refractivity contribution in [1.29, 1.82) is 0 Å². The average molecular weight is 426 g/mol. The van der Waals surface area contributed by atoms with E-state index >= 15 is 0 Å². The van der Waals surface area contributed by atoms with E-state index in [9.17, 15) is 4.79 Å². The van der Waals surface area contributed by atoms with Crippen molar-refractivity contribution >= 4 is 35.5 Å². The number of hydrazone groups is 1. The van der Waals surface area contributed by atoms with Gasteiger partial charge >= 0.3 is 0 Å². The Hall–Kier alpha value is -2.50. The van der Waals surface area contributed by atoms with Crippen molar-refractivity contribution in [2.45, 2.75) is 32.1 Å². The number of rotatable bonds is 7. The summed E-state index contributed by atoms with van der Waals surface area (Å²) in [6, 6.07) is 18.1. The molecule has 0 saturated heterocycles. The molecule has 0 aliphatic heterocycles. The molecule has 150 valence electrons. The Bertz CT molecular complexity index is 1030. The molecule has 0 fully saturated rings. The first kappa shape index (κ1) is 21.2. The molecule has 0 unspecified atom stereocenters. The Morgan fingerprint density at radius 3 is 2.62 bits per heavy atom. The number of halogens is 1. The van der Waals surface area contributed by atoms with Gasteiger partial charge in [-0.05, 0) is 68.8 Å². The molecule has 1 N–H and O–H groups in total. The van der Waals surface area contributed by atoms with Gasteiger partial charge in [0.2, 0.25) is 5.91 Å². The molecule has 3 rings (SSSR count). The third-order valence-electron chi connectivity index (χ3n) is 4.53. The minimum atomic E-state index is -0.102. The summed E-state index contributed by atoms with van der Waals surface area (Å²) in [4.78, 5) is 13.1. The van der Waals surface area contributed by atoms with Crippen LogP contribution in [0.5, 0.6) is 0 Å². The number of thioether (sulfide) groups is 1. The Morgan fingerprint density at radius 1 is 1.14 bits per heavy atom. The maximum Gasteiger partial charge on any atom is 0.240 e. The summed E-state index contributed by atoms with van der Waals surface area (Å²) in [5.41, 5.74) is 8.16. The SMILES string of the molecule is Cc1cccc(-n2c(C)cc(/C=N/NC(=O)CCSc3ccc(Cl)cc3)c2C)c1. The van der Waals surface area contributed by atoms with Crippen LogP contribution in [0.1, 0.15) is 28.9 Å². The van der Waals surface area contributed by atoms with E-state index in [0.717, 1.165) is 27.5 Å². The highest BCUT2D eigenvalue weighted by Crippen LogP contribution is 2.21. The third kappa shape index (κ3) is 5.75. The highest BCUT2D eigenvalue weighted by Gasteiger charge is 2.09. The zero-order chi connectivity index (χ0) is 20.8. The van der Waals surface area contributed by atoms with Crippen LogP contribution in [0, 0.1) is 20.8 Å². The predicted molar refractivity (Wildman–Crippen MR) is 123 cm³/mol. The van der Waals surface area contributed by atoms with Crippen LogP contribution in [-0.2, 0) is 4.79 Å². The van der Waals surface area contributed by atoms with Gasteiger partial charge in [-0.1, -0.05) is 23.7 Å². The fraction of sp³-hybridized carbons (Fsp3) is 0.217. The molecule has 0 aliphatic rings. The van der Waals surface area contributed by atoms with Gasteiger partial charge in [-0.3, -0.25) is 4.79 Å². The van der Waals surface area contributed by atoms with Crippen molar-refractivity contribution in [1.82, 2.24) is 9.99 Å². The van der Waals surface area contributed by atoms with Gasteiger partial charge in [0.1, 0.15) is 0 Å². The van der Waals surface area contributed by atoms with Crippen molar-refractivity contribution in [3.63, 3.8) is 0 Å². The summed E-state index contributed by atoms with van der Waals surface area (Å²) < 4.78 is 2.19. The molecule has 0 aliphatic carbocycles. The fourth-order valence-electron chi connectivity index (χ4n) is 3.10. The van der Waals surface area contributed by atoms with Crippen LogP contribution in [0.15, 0.2) is 64.6 Å². The summed E-state index contributed by atoms with van der Waals surface area (Å²) in [5, 5.41) is 4.85. The summed E-state index contributed by atoms with van der Waals surface area (Å²) in [6.45, 7) is 6.21. The molecular formula is C23H24ClN3OS. The van der Waals surface area contributed by atoms with E-state index in [-0.39, 0.29) is 5.91 Å². The van der Waals surface area contributed by atoms with Gasteiger partial charge in [0.25, 0.3) is 0 Å². The molecule has 0 saturated carbocycles. The molecule has 0 radical (unpaired) electrons. The van der Waals surface area contributed by atoms with Crippen LogP contribution in [0.4, 0.5) is 0 Å². The number of hydrogen-bond acceptors (Lipinski definition) is 3. The first-order valence-electron chi connectivity index (χ1n) is 9.40. The lowest BCUT2D eigenvalue weighted by atomic mass is 10.2. The summed E-state index contributed by atoms with van der Waals surface area (Å²) >= 11 is 7.50. The van der Waals surface area contributed by atoms with Gasteiger partial charge in [-0.25, -0.2) is 5.43 Å². The number of hydrogen-bond donors (Lipinski definition) is 1. The molecule has 2 aromatic carbocycles. The largest absolute Gasteiger partial charge is 0.318 e. The lowest BCUT2D eigenvalue weighted by molar-refractivity contribution is -0.120. The maximum absolute atomic E-state index is 12.0. The monoisotopic (exact) mass is 425 g/mol. The second-order valence-corrected chi connectivity index (χ2v) is 8.45. The number of benzene rings is 2. The average Bonchev–Trinajstić information content (AvgIpc) is 2.97. The lowest BCUT2D eigenvalue weighted by Crippen LogP contribution is -2.17. The number of amides is 1. The molecule has 1 heterocycles. The van der Waals surface area contributed by atoms with Gasteiger partial charge < -0.3 is 4.57 Å². The maximum atomic E-state index is 12.0. The van der Waals surface area contributed by atoms with Gasteiger partial charge in [-0.2, -0.15) is 5.10 Å². The number of nitrogens with zero attached hydrogens (tertiary/aromatic N) is 2. The van der Waals surface area contributed by atoms with Crippen LogP contribution < -0.4 is 5.43 Å². The van der Waals surface area contributed by atoms with Gasteiger partial charge in [0.05, 0.1) is 6.21 Å². The molecule has 1 aromatic heterocycles. The van der Waals surface area contributed by atoms with Crippen LogP contribution in [0.3, 0.4) is 0 Å². The van der Waals surface area contributed by atoms with Crippen LogP contribution in [-0.4, -0.2) is 22.4 Å². The number of carbonyl (C=O) groups excluding carboxylic acids is 1. The summed E-state index contributed by atoms with van der Waals surface area (Å²) in [6.07, 6.45) is 2.10. The third-order valence-corrected chi connectivity index (χ3v) is 5.80. The van der Waals surface area contributed by atoms with E-state index < -0.39 is 0 Å². The highest BCUT2D eigenvalue weighted by atomic mass is 35.5. The van der Waals surface area contributed by atoms with Crippen molar-refractivity contribution in [3.05, 3.63) is 82.1 Å². The Balaban J connectivity index is 1.55. The summed E-state index contributed by atoms with van der Waals surface area (Å²) in [7, 11) is 0. The van der Waals surface area contributed by atoms with Gasteiger partial charge in [-0.15, -0.1) is 11.8 Å². The minimum Gasteiger partial charge on any atom is -0.318 e. The van der Waals surface area contributed by atoms with Crippen molar-refractivity contribution in [3.8, 4) is 5.69 Å². The number of nitrogens with one attached hydrogen (secondary N) is 1. The van der Waals surface area contributed by atoms with E-state index in [1.165, 1.54) is 5.56 Å². The Morgan fingerprint density at radius 2 is 1.90 bits per heavy atom. The number of aryl methyl sites for hydroxylation is 2. The quantitative estimate of drug-likeness (QED) is 0.300. The molecule has 6 heteroatoms. The van der Waals surface area contributed by atoms with Gasteiger partial charge in [0, 0.05) is 44.7 Å². The molecule has 29 heavy (non-hydrogen) atoms. The Kier molecular flexibility index (Phi) is 7.18. The number of aromatic nitrogens is 1. The second kappa shape index (κ2) is 9.81. The second-order valence-electron chi connectivity index (χ2n) is 6.85. The topological polar surface area (TPSA) is 46.4 Å². The molecular weight excluding hydrogens is 402 g/mol. The van der Waals surface area contributed by atoms with E-state index in [2.05, 4.69) is 66.2 Å². The Labute approximate surface area is 181 Å². The van der Waals surface area contributed by atoms with Crippen molar-refractivity contribution < 1.29 is 4.79 Å². The van der Waals surface area contributed by atoms with Crippen molar-refractivity contribution in [2.75, 3.05) is 5.75 Å². The van der Waals surface area contributed by atoms with Crippen molar-refractivity contribution in [2.24, 2.45) is 5.10 Å².